The third kappa shape index (κ3) is 17.4. The van der Waals surface area contributed by atoms with Crippen LogP contribution in [0.4, 0.5) is 9.59 Å². The highest BCUT2D eigenvalue weighted by Crippen LogP contribution is 2.11. The maximum atomic E-state index is 12.9. The smallest absolute Gasteiger partial charge is 0.408 e. The van der Waals surface area contributed by atoms with Gasteiger partial charge in [0.15, 0.2) is 0 Å². The molecule has 0 aliphatic heterocycles. The zero-order chi connectivity index (χ0) is 34.0. The number of nitrogens with one attached hydrogen (secondary N) is 4. The lowest BCUT2D eigenvalue weighted by molar-refractivity contribution is -0.123. The molecule has 0 heterocycles. The average molecular weight is 639 g/mol. The van der Waals surface area contributed by atoms with Crippen molar-refractivity contribution in [1.29, 1.82) is 0 Å². The van der Waals surface area contributed by atoms with E-state index in [-0.39, 0.29) is 11.8 Å². The van der Waals surface area contributed by atoms with Crippen molar-refractivity contribution < 1.29 is 28.7 Å². The van der Waals surface area contributed by atoms with E-state index in [1.54, 1.807) is 41.5 Å². The lowest BCUT2D eigenvalue weighted by Crippen LogP contribution is -2.49. The van der Waals surface area contributed by atoms with E-state index >= 15 is 0 Å². The molecule has 2 aromatic carbocycles. The average Bonchev–Trinajstić information content (AvgIpc) is 2.96. The van der Waals surface area contributed by atoms with Gasteiger partial charge >= 0.3 is 12.2 Å². The Morgan fingerprint density at radius 1 is 0.543 bits per heavy atom. The van der Waals surface area contributed by atoms with Crippen LogP contribution in [-0.4, -0.2) is 60.4 Å². The Morgan fingerprint density at radius 3 is 1.20 bits per heavy atom. The van der Waals surface area contributed by atoms with E-state index in [2.05, 4.69) is 21.3 Å². The first-order valence-corrected chi connectivity index (χ1v) is 16.3. The van der Waals surface area contributed by atoms with E-state index in [1.165, 1.54) is 0 Å². The summed E-state index contributed by atoms with van der Waals surface area (Å²) < 4.78 is 10.7. The van der Waals surface area contributed by atoms with Gasteiger partial charge in [0.1, 0.15) is 23.3 Å². The molecular weight excluding hydrogens is 584 g/mol. The first-order chi connectivity index (χ1) is 21.7. The minimum absolute atomic E-state index is 0.239. The van der Waals surface area contributed by atoms with E-state index in [4.69, 9.17) is 9.47 Å². The van der Waals surface area contributed by atoms with Gasteiger partial charge in [-0.2, -0.15) is 0 Å². The lowest BCUT2D eigenvalue weighted by atomic mass is 10.1. The lowest BCUT2D eigenvalue weighted by Gasteiger charge is -2.23. The number of ether oxygens (including phenoxy) is 2. The van der Waals surface area contributed by atoms with Crippen molar-refractivity contribution >= 4 is 24.0 Å². The molecule has 0 aromatic heterocycles. The molecule has 0 fully saturated rings. The molecule has 0 saturated heterocycles. The monoisotopic (exact) mass is 638 g/mol. The zero-order valence-corrected chi connectivity index (χ0v) is 28.4. The SMILES string of the molecule is CC(C)(C)OC(=O)N[C@H](Cc1ccccc1)C(=O)NCCCCCCCCNC(=O)[C@@H](Cc1ccccc1)NC(=O)OC(C)(C)C. The Bertz CT molecular complexity index is 1110. The maximum absolute atomic E-state index is 12.9. The molecule has 254 valence electrons. The molecule has 0 saturated carbocycles. The molecule has 2 aromatic rings. The zero-order valence-electron chi connectivity index (χ0n) is 28.4. The fourth-order valence-corrected chi connectivity index (χ4v) is 4.64. The maximum Gasteiger partial charge on any atom is 0.408 e. The molecule has 4 amide bonds. The summed E-state index contributed by atoms with van der Waals surface area (Å²) in [6.07, 6.45) is 5.06. The molecule has 0 spiro atoms. The summed E-state index contributed by atoms with van der Waals surface area (Å²) in [6.45, 7) is 11.7. The minimum Gasteiger partial charge on any atom is -0.444 e. The first-order valence-electron chi connectivity index (χ1n) is 16.3. The quantitative estimate of drug-likeness (QED) is 0.161. The molecule has 0 aliphatic rings. The molecule has 10 nitrogen and oxygen atoms in total. The van der Waals surface area contributed by atoms with Crippen LogP contribution in [0.3, 0.4) is 0 Å². The highest BCUT2D eigenvalue weighted by Gasteiger charge is 2.26. The predicted octanol–water partition coefficient (Wildman–Crippen LogP) is 5.83. The molecule has 0 radical (unpaired) electrons. The van der Waals surface area contributed by atoms with Gasteiger partial charge in [-0.05, 0) is 65.5 Å². The van der Waals surface area contributed by atoms with Gasteiger partial charge in [0, 0.05) is 25.9 Å². The molecular formula is C36H54N4O6. The van der Waals surface area contributed by atoms with E-state index in [9.17, 15) is 19.2 Å². The van der Waals surface area contributed by atoms with Gasteiger partial charge in [-0.1, -0.05) is 86.3 Å². The van der Waals surface area contributed by atoms with Crippen molar-refractivity contribution in [3.05, 3.63) is 71.8 Å². The molecule has 2 rings (SSSR count). The fourth-order valence-electron chi connectivity index (χ4n) is 4.64. The largest absolute Gasteiger partial charge is 0.444 e. The van der Waals surface area contributed by atoms with Crippen LogP contribution in [0.1, 0.15) is 91.2 Å². The van der Waals surface area contributed by atoms with Gasteiger partial charge < -0.3 is 30.7 Å². The number of carbonyl (C=O) groups is 4. The van der Waals surface area contributed by atoms with Crippen molar-refractivity contribution in [2.75, 3.05) is 13.1 Å². The summed E-state index contributed by atoms with van der Waals surface area (Å²) in [6, 6.07) is 17.6. The van der Waals surface area contributed by atoms with E-state index in [0.717, 1.165) is 49.7 Å². The van der Waals surface area contributed by atoms with Crippen LogP contribution in [0.15, 0.2) is 60.7 Å². The number of benzene rings is 2. The second-order valence-electron chi connectivity index (χ2n) is 13.5. The van der Waals surface area contributed by atoms with Crippen molar-refractivity contribution in [3.63, 3.8) is 0 Å². The number of amides is 4. The van der Waals surface area contributed by atoms with Gasteiger partial charge in [0.2, 0.25) is 11.8 Å². The van der Waals surface area contributed by atoms with Crippen LogP contribution < -0.4 is 21.3 Å². The van der Waals surface area contributed by atoms with Crippen molar-refractivity contribution in [2.24, 2.45) is 0 Å². The normalized spacial score (nSPS) is 12.7. The number of rotatable bonds is 17. The van der Waals surface area contributed by atoms with Gasteiger partial charge in [0.05, 0.1) is 0 Å². The third-order valence-electron chi connectivity index (χ3n) is 6.78. The summed E-state index contributed by atoms with van der Waals surface area (Å²) in [5.74, 6) is -0.477. The van der Waals surface area contributed by atoms with Gasteiger partial charge in [0.25, 0.3) is 0 Å². The Balaban J connectivity index is 1.68. The first kappa shape index (κ1) is 38.1. The van der Waals surface area contributed by atoms with Crippen LogP contribution in [-0.2, 0) is 31.9 Å². The Labute approximate surface area is 274 Å². The van der Waals surface area contributed by atoms with Crippen LogP contribution in [0.5, 0.6) is 0 Å². The fraction of sp³-hybridized carbons (Fsp3) is 0.556. The predicted molar refractivity (Wildman–Crippen MR) is 180 cm³/mol. The minimum atomic E-state index is -0.737. The molecule has 4 N–H and O–H groups in total. The summed E-state index contributed by atoms with van der Waals surface area (Å²) in [7, 11) is 0. The summed E-state index contributed by atoms with van der Waals surface area (Å²) in [4.78, 5) is 50.6. The molecule has 0 aliphatic carbocycles. The van der Waals surface area contributed by atoms with E-state index in [0.29, 0.717) is 25.9 Å². The number of carbonyl (C=O) groups excluding carboxylic acids is 4. The standard InChI is InChI=1S/C36H54N4O6/c1-35(2,3)45-33(43)39-29(25-27-19-13-11-14-20-27)31(41)37-23-17-9-7-8-10-18-24-38-32(42)30(26-28-21-15-12-16-22-28)40-34(44)46-36(4,5)6/h11-16,19-22,29-30H,7-10,17-18,23-26H2,1-6H3,(H,37,41)(H,38,42)(H,39,43)(H,40,44)/t29-,30-/m1/s1. The number of unbranched alkanes of at least 4 members (excludes halogenated alkanes) is 5. The molecule has 0 bridgehead atoms. The van der Waals surface area contributed by atoms with Crippen LogP contribution in [0, 0.1) is 0 Å². The van der Waals surface area contributed by atoms with Gasteiger partial charge in [-0.15, -0.1) is 0 Å². The van der Waals surface area contributed by atoms with E-state index < -0.39 is 35.5 Å². The Kier molecular flexibility index (Phi) is 16.1. The van der Waals surface area contributed by atoms with E-state index in [1.807, 2.05) is 60.7 Å². The summed E-state index contributed by atoms with van der Waals surface area (Å²) in [5, 5.41) is 11.3. The van der Waals surface area contributed by atoms with Gasteiger partial charge in [-0.3, -0.25) is 9.59 Å². The van der Waals surface area contributed by atoms with Crippen molar-refractivity contribution in [1.82, 2.24) is 21.3 Å². The number of hydrogen-bond donors (Lipinski definition) is 4. The molecule has 46 heavy (non-hydrogen) atoms. The third-order valence-corrected chi connectivity index (χ3v) is 6.78. The van der Waals surface area contributed by atoms with Crippen molar-refractivity contribution in [3.8, 4) is 0 Å². The van der Waals surface area contributed by atoms with Crippen LogP contribution in [0.25, 0.3) is 0 Å². The summed E-state index contributed by atoms with van der Waals surface area (Å²) >= 11 is 0. The number of hydrogen-bond acceptors (Lipinski definition) is 6. The summed E-state index contributed by atoms with van der Waals surface area (Å²) in [5.41, 5.74) is 0.572. The van der Waals surface area contributed by atoms with Crippen molar-refractivity contribution in [2.45, 2.75) is 116 Å². The Hall–Kier alpha value is -4.08. The second-order valence-corrected chi connectivity index (χ2v) is 13.5. The second kappa shape index (κ2) is 19.4. The highest BCUT2D eigenvalue weighted by atomic mass is 16.6. The number of alkyl carbamates (subject to hydrolysis) is 2. The van der Waals surface area contributed by atoms with Crippen LogP contribution in [0.2, 0.25) is 0 Å². The molecule has 10 heteroatoms. The topological polar surface area (TPSA) is 135 Å². The highest BCUT2D eigenvalue weighted by molar-refractivity contribution is 5.86. The Morgan fingerprint density at radius 2 is 0.870 bits per heavy atom. The molecule has 2 atom stereocenters. The van der Waals surface area contributed by atoms with Gasteiger partial charge in [-0.25, -0.2) is 9.59 Å². The molecule has 0 unspecified atom stereocenters. The van der Waals surface area contributed by atoms with Crippen LogP contribution >= 0.6 is 0 Å².